The minimum atomic E-state index is -2.86. The van der Waals surface area contributed by atoms with Gasteiger partial charge in [0.05, 0.1) is 6.54 Å². The quantitative estimate of drug-likeness (QED) is 0.473. The molecule has 0 heterocycles. The number of guanidine groups is 1. The fraction of sp³-hybridized carbons (Fsp3) is 0.308. The summed E-state index contributed by atoms with van der Waals surface area (Å²) in [5, 5.41) is 2.80. The monoisotopic (exact) mass is 269 g/mol. The van der Waals surface area contributed by atoms with E-state index in [9.17, 15) is 8.78 Å². The molecule has 0 radical (unpaired) electrons. The maximum absolute atomic E-state index is 12.3. The first-order chi connectivity index (χ1) is 9.02. The van der Waals surface area contributed by atoms with E-state index in [-0.39, 0.29) is 18.3 Å². The fourth-order valence-corrected chi connectivity index (χ4v) is 1.45. The second-order valence-electron chi connectivity index (χ2n) is 3.86. The van der Waals surface area contributed by atoms with Gasteiger partial charge in [0.15, 0.2) is 5.96 Å². The second kappa shape index (κ2) is 7.35. The lowest BCUT2D eigenvalue weighted by Crippen LogP contribution is -2.31. The van der Waals surface area contributed by atoms with Crippen molar-refractivity contribution in [1.82, 2.24) is 5.32 Å². The summed E-state index contributed by atoms with van der Waals surface area (Å²) in [5.74, 6) is 0.338. The van der Waals surface area contributed by atoms with Gasteiger partial charge in [0, 0.05) is 12.1 Å². The Hall–Kier alpha value is -2.11. The number of ether oxygens (including phenoxy) is 1. The zero-order valence-corrected chi connectivity index (χ0v) is 10.7. The average Bonchev–Trinajstić information content (AvgIpc) is 2.36. The molecule has 0 spiro atoms. The van der Waals surface area contributed by atoms with Crippen molar-refractivity contribution < 1.29 is 13.5 Å². The van der Waals surface area contributed by atoms with Gasteiger partial charge in [0.1, 0.15) is 5.75 Å². The summed E-state index contributed by atoms with van der Waals surface area (Å²) in [4.78, 5) is 4.05. The number of benzene rings is 1. The van der Waals surface area contributed by atoms with Crippen molar-refractivity contribution in [2.75, 3.05) is 6.54 Å². The standard InChI is InChI=1S/C13H17F2N3O/c1-3-6-17-13(16)18-8-10-7-9(2)4-5-11(10)19-12(14)15/h3-5,7,12H,1,6,8H2,2H3,(H3,16,17,18). The van der Waals surface area contributed by atoms with E-state index in [1.807, 2.05) is 6.92 Å². The highest BCUT2D eigenvalue weighted by atomic mass is 19.3. The summed E-state index contributed by atoms with van der Waals surface area (Å²) in [7, 11) is 0. The molecule has 0 amide bonds. The van der Waals surface area contributed by atoms with E-state index in [0.717, 1.165) is 5.56 Å². The first-order valence-electron chi connectivity index (χ1n) is 5.72. The Kier molecular flexibility index (Phi) is 5.78. The first-order valence-corrected chi connectivity index (χ1v) is 5.72. The molecule has 0 aliphatic heterocycles. The van der Waals surface area contributed by atoms with E-state index in [0.29, 0.717) is 12.1 Å². The second-order valence-corrected chi connectivity index (χ2v) is 3.86. The largest absolute Gasteiger partial charge is 0.434 e. The SMILES string of the molecule is C=CCNC(N)=NCc1cc(C)ccc1OC(F)F. The number of aliphatic imine (C=N–C) groups is 1. The lowest BCUT2D eigenvalue weighted by atomic mass is 10.1. The van der Waals surface area contributed by atoms with Crippen molar-refractivity contribution in [2.24, 2.45) is 10.7 Å². The molecule has 0 unspecified atom stereocenters. The summed E-state index contributed by atoms with van der Waals surface area (Å²) in [6, 6.07) is 4.94. The van der Waals surface area contributed by atoms with Gasteiger partial charge >= 0.3 is 6.61 Å². The molecular weight excluding hydrogens is 252 g/mol. The van der Waals surface area contributed by atoms with E-state index in [4.69, 9.17) is 5.73 Å². The number of nitrogens with two attached hydrogens (primary N) is 1. The van der Waals surface area contributed by atoms with Gasteiger partial charge in [-0.25, -0.2) is 4.99 Å². The predicted molar refractivity (Wildman–Crippen MR) is 71.3 cm³/mol. The maximum Gasteiger partial charge on any atom is 0.387 e. The topological polar surface area (TPSA) is 59.6 Å². The Morgan fingerprint density at radius 1 is 1.58 bits per heavy atom. The molecule has 19 heavy (non-hydrogen) atoms. The van der Waals surface area contributed by atoms with Crippen LogP contribution in [0.25, 0.3) is 0 Å². The molecule has 0 aliphatic rings. The molecule has 0 fully saturated rings. The zero-order chi connectivity index (χ0) is 14.3. The van der Waals surface area contributed by atoms with Gasteiger partial charge in [-0.2, -0.15) is 8.78 Å². The van der Waals surface area contributed by atoms with Crippen molar-refractivity contribution in [2.45, 2.75) is 20.1 Å². The molecule has 1 aromatic carbocycles. The van der Waals surface area contributed by atoms with E-state index < -0.39 is 6.61 Å². The van der Waals surface area contributed by atoms with Gasteiger partial charge in [-0.1, -0.05) is 23.8 Å². The van der Waals surface area contributed by atoms with Crippen LogP contribution in [0.15, 0.2) is 35.8 Å². The number of rotatable bonds is 6. The van der Waals surface area contributed by atoms with Crippen molar-refractivity contribution in [3.63, 3.8) is 0 Å². The number of hydrogen-bond acceptors (Lipinski definition) is 2. The van der Waals surface area contributed by atoms with Gasteiger partial charge in [0.25, 0.3) is 0 Å². The van der Waals surface area contributed by atoms with Crippen LogP contribution >= 0.6 is 0 Å². The smallest absolute Gasteiger partial charge is 0.387 e. The van der Waals surface area contributed by atoms with Crippen LogP contribution in [-0.4, -0.2) is 19.1 Å². The molecule has 6 heteroatoms. The summed E-state index contributed by atoms with van der Waals surface area (Å²) in [6.07, 6.45) is 1.64. The van der Waals surface area contributed by atoms with Crippen molar-refractivity contribution >= 4 is 5.96 Å². The van der Waals surface area contributed by atoms with E-state index in [2.05, 4.69) is 21.6 Å². The van der Waals surface area contributed by atoms with Crippen LogP contribution in [0.2, 0.25) is 0 Å². The number of nitrogens with zero attached hydrogens (tertiary/aromatic N) is 1. The first kappa shape index (κ1) is 14.9. The Labute approximate surface area is 111 Å². The zero-order valence-electron chi connectivity index (χ0n) is 10.7. The minimum absolute atomic E-state index is 0.112. The molecule has 0 saturated carbocycles. The predicted octanol–water partition coefficient (Wildman–Crippen LogP) is 2.19. The molecule has 3 N–H and O–H groups in total. The Balaban J connectivity index is 2.80. The maximum atomic E-state index is 12.3. The molecule has 4 nitrogen and oxygen atoms in total. The fourth-order valence-electron chi connectivity index (χ4n) is 1.45. The summed E-state index contributed by atoms with van der Waals surface area (Å²) >= 11 is 0. The number of alkyl halides is 2. The molecule has 0 saturated heterocycles. The van der Waals surface area contributed by atoms with E-state index in [1.54, 1.807) is 18.2 Å². The number of nitrogens with one attached hydrogen (secondary N) is 1. The lowest BCUT2D eigenvalue weighted by molar-refractivity contribution is -0.0504. The molecule has 0 aromatic heterocycles. The average molecular weight is 269 g/mol. The van der Waals surface area contributed by atoms with Crippen LogP contribution in [0.3, 0.4) is 0 Å². The molecular formula is C13H17F2N3O. The highest BCUT2D eigenvalue weighted by molar-refractivity contribution is 5.77. The normalized spacial score (nSPS) is 11.5. The van der Waals surface area contributed by atoms with Crippen LogP contribution in [0, 0.1) is 6.92 Å². The third-order valence-corrected chi connectivity index (χ3v) is 2.28. The van der Waals surface area contributed by atoms with Gasteiger partial charge in [-0.05, 0) is 13.0 Å². The van der Waals surface area contributed by atoms with Gasteiger partial charge in [-0.3, -0.25) is 0 Å². The van der Waals surface area contributed by atoms with Crippen molar-refractivity contribution in [1.29, 1.82) is 0 Å². The van der Waals surface area contributed by atoms with E-state index >= 15 is 0 Å². The van der Waals surface area contributed by atoms with Gasteiger partial charge < -0.3 is 15.8 Å². The summed E-state index contributed by atoms with van der Waals surface area (Å²) in [5.41, 5.74) is 7.09. The van der Waals surface area contributed by atoms with Crippen LogP contribution < -0.4 is 15.8 Å². The number of hydrogen-bond donors (Lipinski definition) is 2. The van der Waals surface area contributed by atoms with Crippen molar-refractivity contribution in [3.05, 3.63) is 42.0 Å². The number of aryl methyl sites for hydroxylation is 1. The highest BCUT2D eigenvalue weighted by Gasteiger charge is 2.09. The summed E-state index contributed by atoms with van der Waals surface area (Å²) in [6.45, 7) is 3.19. The van der Waals surface area contributed by atoms with E-state index in [1.165, 1.54) is 6.07 Å². The molecule has 1 rings (SSSR count). The Morgan fingerprint density at radius 3 is 2.95 bits per heavy atom. The van der Waals surface area contributed by atoms with Crippen LogP contribution in [0.5, 0.6) is 5.75 Å². The number of halogens is 2. The minimum Gasteiger partial charge on any atom is -0.434 e. The molecule has 0 bridgehead atoms. The molecule has 0 atom stereocenters. The third-order valence-electron chi connectivity index (χ3n) is 2.28. The molecule has 0 aliphatic carbocycles. The Morgan fingerprint density at radius 2 is 2.32 bits per heavy atom. The lowest BCUT2D eigenvalue weighted by Gasteiger charge is -2.10. The van der Waals surface area contributed by atoms with Crippen molar-refractivity contribution in [3.8, 4) is 5.75 Å². The van der Waals surface area contributed by atoms with Gasteiger partial charge in [0.2, 0.25) is 0 Å². The van der Waals surface area contributed by atoms with Crippen LogP contribution in [0.1, 0.15) is 11.1 Å². The molecule has 1 aromatic rings. The van der Waals surface area contributed by atoms with Crippen LogP contribution in [-0.2, 0) is 6.54 Å². The summed E-state index contributed by atoms with van der Waals surface area (Å²) < 4.78 is 29.0. The highest BCUT2D eigenvalue weighted by Crippen LogP contribution is 2.22. The van der Waals surface area contributed by atoms with Crippen LogP contribution in [0.4, 0.5) is 8.78 Å². The van der Waals surface area contributed by atoms with Gasteiger partial charge in [-0.15, -0.1) is 6.58 Å². The third kappa shape index (κ3) is 5.37. The molecule has 104 valence electrons. The Bertz CT molecular complexity index is 461.